The van der Waals surface area contributed by atoms with Gasteiger partial charge in [-0.2, -0.15) is 0 Å². The summed E-state index contributed by atoms with van der Waals surface area (Å²) in [6.45, 7) is 4.22. The lowest BCUT2D eigenvalue weighted by Gasteiger charge is -2.26. The van der Waals surface area contributed by atoms with E-state index in [0.717, 1.165) is 5.56 Å². The van der Waals surface area contributed by atoms with Crippen molar-refractivity contribution in [1.29, 1.82) is 0 Å². The lowest BCUT2D eigenvalue weighted by atomic mass is 10.2. The second-order valence-corrected chi connectivity index (χ2v) is 5.53. The maximum Gasteiger partial charge on any atom is 0.260 e. The quantitative estimate of drug-likeness (QED) is 0.798. The standard InChI is InChI=1S/C18H24N2O5/c1-14(21)19-7-3-4-15-5-6-16(17(12-15)23-2)25-13-18(22)20-8-10-24-11-9-20/h3-6,12H,7-11,13H2,1-2H3,(H,19,21). The van der Waals surface area contributed by atoms with Crippen molar-refractivity contribution < 1.29 is 23.8 Å². The third-order valence-corrected chi connectivity index (χ3v) is 3.68. The zero-order chi connectivity index (χ0) is 18.1. The van der Waals surface area contributed by atoms with Gasteiger partial charge in [-0.3, -0.25) is 9.59 Å². The van der Waals surface area contributed by atoms with E-state index in [1.165, 1.54) is 6.92 Å². The SMILES string of the molecule is COc1cc(C=CCNC(C)=O)ccc1OCC(=O)N1CCOCC1. The highest BCUT2D eigenvalue weighted by atomic mass is 16.5. The molecule has 7 heteroatoms. The van der Waals surface area contributed by atoms with Gasteiger partial charge in [0.1, 0.15) is 0 Å². The van der Waals surface area contributed by atoms with Crippen LogP contribution in [0.5, 0.6) is 11.5 Å². The van der Waals surface area contributed by atoms with E-state index in [1.54, 1.807) is 18.1 Å². The minimum atomic E-state index is -0.0732. The third-order valence-electron chi connectivity index (χ3n) is 3.68. The second-order valence-electron chi connectivity index (χ2n) is 5.53. The monoisotopic (exact) mass is 348 g/mol. The summed E-state index contributed by atoms with van der Waals surface area (Å²) in [5, 5.41) is 2.69. The van der Waals surface area contributed by atoms with Crippen LogP contribution in [0.1, 0.15) is 12.5 Å². The number of nitrogens with zero attached hydrogens (tertiary/aromatic N) is 1. The van der Waals surface area contributed by atoms with Crippen molar-refractivity contribution in [3.8, 4) is 11.5 Å². The first-order chi connectivity index (χ1) is 12.1. The highest BCUT2D eigenvalue weighted by Gasteiger charge is 2.17. The van der Waals surface area contributed by atoms with Gasteiger partial charge in [0, 0.05) is 26.6 Å². The van der Waals surface area contributed by atoms with E-state index in [0.29, 0.717) is 44.3 Å². The fraction of sp³-hybridized carbons (Fsp3) is 0.444. The Kier molecular flexibility index (Phi) is 7.28. The largest absolute Gasteiger partial charge is 0.493 e. The molecule has 0 aliphatic carbocycles. The predicted molar refractivity (Wildman–Crippen MR) is 93.6 cm³/mol. The Hall–Kier alpha value is -2.54. The number of carbonyl (C=O) groups excluding carboxylic acids is 2. The number of carbonyl (C=O) groups is 2. The van der Waals surface area contributed by atoms with Gasteiger partial charge in [-0.05, 0) is 17.7 Å². The average Bonchev–Trinajstić information content (AvgIpc) is 2.64. The molecule has 1 N–H and O–H groups in total. The van der Waals surface area contributed by atoms with Gasteiger partial charge in [0.05, 0.1) is 20.3 Å². The molecule has 1 aliphatic rings. The van der Waals surface area contributed by atoms with Gasteiger partial charge in [-0.25, -0.2) is 0 Å². The predicted octanol–water partition coefficient (Wildman–Crippen LogP) is 1.08. The Bertz CT molecular complexity index is 624. The van der Waals surface area contributed by atoms with Crippen molar-refractivity contribution in [2.75, 3.05) is 46.6 Å². The molecule has 2 rings (SSSR count). The molecule has 7 nitrogen and oxygen atoms in total. The molecule has 1 aromatic carbocycles. The van der Waals surface area contributed by atoms with Gasteiger partial charge >= 0.3 is 0 Å². The number of ether oxygens (including phenoxy) is 3. The summed E-state index contributed by atoms with van der Waals surface area (Å²) in [4.78, 5) is 24.7. The molecular formula is C18H24N2O5. The molecule has 0 spiro atoms. The summed E-state index contributed by atoms with van der Waals surface area (Å²) in [5.41, 5.74) is 0.911. The number of amides is 2. The highest BCUT2D eigenvalue weighted by Crippen LogP contribution is 2.28. The van der Waals surface area contributed by atoms with Gasteiger partial charge in [0.25, 0.3) is 5.91 Å². The number of benzene rings is 1. The molecule has 0 atom stereocenters. The topological polar surface area (TPSA) is 77.1 Å². The van der Waals surface area contributed by atoms with E-state index < -0.39 is 0 Å². The molecule has 1 heterocycles. The van der Waals surface area contributed by atoms with Crippen molar-refractivity contribution in [2.24, 2.45) is 0 Å². The van der Waals surface area contributed by atoms with Crippen LogP contribution in [-0.2, 0) is 14.3 Å². The first kappa shape index (κ1) is 18.8. The normalized spacial score (nSPS) is 14.4. The molecule has 136 valence electrons. The lowest BCUT2D eigenvalue weighted by Crippen LogP contribution is -2.43. The van der Waals surface area contributed by atoms with Crippen LogP contribution >= 0.6 is 0 Å². The molecule has 2 amide bonds. The van der Waals surface area contributed by atoms with Crippen LogP contribution in [0.25, 0.3) is 6.08 Å². The molecule has 25 heavy (non-hydrogen) atoms. The van der Waals surface area contributed by atoms with Gasteiger partial charge in [0.2, 0.25) is 5.91 Å². The van der Waals surface area contributed by atoms with Gasteiger partial charge < -0.3 is 24.4 Å². The van der Waals surface area contributed by atoms with Crippen molar-refractivity contribution in [1.82, 2.24) is 10.2 Å². The van der Waals surface area contributed by atoms with E-state index in [2.05, 4.69) is 5.32 Å². The lowest BCUT2D eigenvalue weighted by molar-refractivity contribution is -0.137. The van der Waals surface area contributed by atoms with E-state index in [-0.39, 0.29) is 18.4 Å². The van der Waals surface area contributed by atoms with Crippen LogP contribution < -0.4 is 14.8 Å². The van der Waals surface area contributed by atoms with Crippen LogP contribution in [0.15, 0.2) is 24.3 Å². The Morgan fingerprint density at radius 2 is 2.04 bits per heavy atom. The minimum Gasteiger partial charge on any atom is -0.493 e. The first-order valence-corrected chi connectivity index (χ1v) is 8.17. The summed E-state index contributed by atoms with van der Waals surface area (Å²) in [6, 6.07) is 5.45. The van der Waals surface area contributed by atoms with Crippen molar-refractivity contribution in [2.45, 2.75) is 6.92 Å². The van der Waals surface area contributed by atoms with Crippen LogP contribution in [0.4, 0.5) is 0 Å². The number of hydrogen-bond donors (Lipinski definition) is 1. The van der Waals surface area contributed by atoms with Crippen LogP contribution in [-0.4, -0.2) is 63.3 Å². The molecule has 0 aromatic heterocycles. The molecular weight excluding hydrogens is 324 g/mol. The fourth-order valence-electron chi connectivity index (χ4n) is 2.35. The fourth-order valence-corrected chi connectivity index (χ4v) is 2.35. The maximum absolute atomic E-state index is 12.1. The summed E-state index contributed by atoms with van der Waals surface area (Å²) in [6.07, 6.45) is 3.72. The Labute approximate surface area is 147 Å². The Balaban J connectivity index is 1.91. The number of methoxy groups -OCH3 is 1. The van der Waals surface area contributed by atoms with Crippen molar-refractivity contribution in [3.63, 3.8) is 0 Å². The Morgan fingerprint density at radius 1 is 1.28 bits per heavy atom. The molecule has 0 unspecified atom stereocenters. The van der Waals surface area contributed by atoms with Crippen LogP contribution in [0.3, 0.4) is 0 Å². The first-order valence-electron chi connectivity index (χ1n) is 8.17. The average molecular weight is 348 g/mol. The summed E-state index contributed by atoms with van der Waals surface area (Å²) in [7, 11) is 1.55. The number of hydrogen-bond acceptors (Lipinski definition) is 5. The van der Waals surface area contributed by atoms with Crippen molar-refractivity contribution >= 4 is 17.9 Å². The second kappa shape index (κ2) is 9.68. The smallest absolute Gasteiger partial charge is 0.260 e. The van der Waals surface area contributed by atoms with Gasteiger partial charge in [-0.15, -0.1) is 0 Å². The Morgan fingerprint density at radius 3 is 2.72 bits per heavy atom. The van der Waals surface area contributed by atoms with Crippen molar-refractivity contribution in [3.05, 3.63) is 29.8 Å². The molecule has 1 aromatic rings. The van der Waals surface area contributed by atoms with E-state index >= 15 is 0 Å². The third kappa shape index (κ3) is 6.11. The van der Waals surface area contributed by atoms with E-state index in [1.807, 2.05) is 24.3 Å². The summed E-state index contributed by atoms with van der Waals surface area (Å²) >= 11 is 0. The number of nitrogens with one attached hydrogen (secondary N) is 1. The minimum absolute atomic E-state index is 0.0337. The molecule has 1 aliphatic heterocycles. The summed E-state index contributed by atoms with van der Waals surface area (Å²) < 4.78 is 16.2. The highest BCUT2D eigenvalue weighted by molar-refractivity contribution is 5.78. The summed E-state index contributed by atoms with van der Waals surface area (Å²) in [5.74, 6) is 0.931. The molecule has 1 fully saturated rings. The van der Waals surface area contributed by atoms with E-state index in [4.69, 9.17) is 14.2 Å². The van der Waals surface area contributed by atoms with Gasteiger partial charge in [0.15, 0.2) is 18.1 Å². The van der Waals surface area contributed by atoms with Crippen LogP contribution in [0, 0.1) is 0 Å². The number of morpholine rings is 1. The van der Waals surface area contributed by atoms with Gasteiger partial charge in [-0.1, -0.05) is 18.2 Å². The zero-order valence-electron chi connectivity index (χ0n) is 14.6. The molecule has 0 bridgehead atoms. The zero-order valence-corrected chi connectivity index (χ0v) is 14.6. The molecule has 1 saturated heterocycles. The number of rotatable bonds is 7. The van der Waals surface area contributed by atoms with Crippen LogP contribution in [0.2, 0.25) is 0 Å². The molecule has 0 saturated carbocycles. The van der Waals surface area contributed by atoms with E-state index in [9.17, 15) is 9.59 Å². The maximum atomic E-state index is 12.1. The molecule has 0 radical (unpaired) electrons.